The number of anilines is 1. The minimum absolute atomic E-state index is 1.11. The topological polar surface area (TPSA) is 16.1 Å². The lowest BCUT2D eigenvalue weighted by Crippen LogP contribution is -2.07. The first kappa shape index (κ1) is 9.97. The summed E-state index contributed by atoms with van der Waals surface area (Å²) in [6, 6.07) is 8.58. The summed E-state index contributed by atoms with van der Waals surface area (Å²) < 4.78 is 0. The summed E-state index contributed by atoms with van der Waals surface area (Å²) in [6.45, 7) is 4.12. The van der Waals surface area contributed by atoms with Gasteiger partial charge in [-0.2, -0.15) is 0 Å². The fraction of sp³-hybridized carbons (Fsp3) is 0.308. The highest BCUT2D eigenvalue weighted by Crippen LogP contribution is 2.29. The summed E-state index contributed by atoms with van der Waals surface area (Å²) in [6.07, 6.45) is 0. The van der Waals surface area contributed by atoms with Crippen molar-refractivity contribution in [2.45, 2.75) is 13.8 Å². The molecule has 0 N–H and O–H groups in total. The molecule has 2 nitrogen and oxygen atoms in total. The summed E-state index contributed by atoms with van der Waals surface area (Å²) in [4.78, 5) is 6.59. The highest BCUT2D eigenvalue weighted by atomic mass is 15.1. The predicted octanol–water partition coefficient (Wildman–Crippen LogP) is 2.87. The molecule has 0 saturated carbocycles. The number of nitrogens with zero attached hydrogens (tertiary/aromatic N) is 2. The maximum absolute atomic E-state index is 4.48. The Labute approximate surface area is 90.9 Å². The van der Waals surface area contributed by atoms with Crippen molar-refractivity contribution < 1.29 is 0 Å². The number of fused-ring (bicyclic) bond motifs is 1. The maximum Gasteiger partial charge on any atom is 0.0455 e. The molecule has 1 heterocycles. The minimum atomic E-state index is 1.11. The van der Waals surface area contributed by atoms with Gasteiger partial charge >= 0.3 is 0 Å². The number of aryl methyl sites for hydroxylation is 2. The van der Waals surface area contributed by atoms with Gasteiger partial charge in [-0.25, -0.2) is 0 Å². The van der Waals surface area contributed by atoms with Gasteiger partial charge in [-0.1, -0.05) is 12.1 Å². The third-order valence-corrected chi connectivity index (χ3v) is 2.76. The van der Waals surface area contributed by atoms with Gasteiger partial charge in [0.05, 0.1) is 0 Å². The monoisotopic (exact) mass is 200 g/mol. The number of hydrogen-bond acceptors (Lipinski definition) is 2. The van der Waals surface area contributed by atoms with Crippen molar-refractivity contribution in [3.05, 3.63) is 35.7 Å². The van der Waals surface area contributed by atoms with E-state index >= 15 is 0 Å². The van der Waals surface area contributed by atoms with Gasteiger partial charge < -0.3 is 4.90 Å². The quantitative estimate of drug-likeness (QED) is 0.703. The Balaban J connectivity index is 2.65. The van der Waals surface area contributed by atoms with E-state index in [-0.39, 0.29) is 0 Å². The molecular weight excluding hydrogens is 184 g/mol. The zero-order valence-electron chi connectivity index (χ0n) is 9.70. The zero-order chi connectivity index (χ0) is 11.0. The summed E-state index contributed by atoms with van der Waals surface area (Å²) in [5.74, 6) is 0. The van der Waals surface area contributed by atoms with Gasteiger partial charge in [0.2, 0.25) is 0 Å². The molecule has 1 aliphatic carbocycles. The first-order valence-corrected chi connectivity index (χ1v) is 5.14. The van der Waals surface area contributed by atoms with Gasteiger partial charge in [-0.05, 0) is 26.0 Å². The van der Waals surface area contributed by atoms with Crippen LogP contribution in [0, 0.1) is 13.8 Å². The second kappa shape index (κ2) is 3.54. The largest absolute Gasteiger partial charge is 0.378 e. The van der Waals surface area contributed by atoms with E-state index in [1.54, 1.807) is 0 Å². The van der Waals surface area contributed by atoms with Gasteiger partial charge in [0, 0.05) is 42.3 Å². The minimum Gasteiger partial charge on any atom is -0.378 e. The molecular formula is C13H16N2. The molecule has 2 aliphatic rings. The van der Waals surface area contributed by atoms with Crippen LogP contribution in [0.3, 0.4) is 0 Å². The normalized spacial score (nSPS) is 10.7. The summed E-state index contributed by atoms with van der Waals surface area (Å²) in [5, 5.41) is 0. The average molecular weight is 200 g/mol. The molecule has 78 valence electrons. The Hall–Kier alpha value is -1.57. The molecule has 0 radical (unpaired) electrons. The molecule has 2 rings (SSSR count). The zero-order valence-corrected chi connectivity index (χ0v) is 9.70. The number of rotatable bonds is 1. The molecule has 1 aliphatic heterocycles. The highest BCUT2D eigenvalue weighted by molar-refractivity contribution is 5.72. The van der Waals surface area contributed by atoms with Gasteiger partial charge in [-0.3, -0.25) is 4.98 Å². The maximum atomic E-state index is 4.48. The highest BCUT2D eigenvalue weighted by Gasteiger charge is 2.10. The van der Waals surface area contributed by atoms with Crippen molar-refractivity contribution >= 4 is 5.69 Å². The van der Waals surface area contributed by atoms with Crippen LogP contribution in [-0.2, 0) is 0 Å². The lowest BCUT2D eigenvalue weighted by atomic mass is 10.1. The summed E-state index contributed by atoms with van der Waals surface area (Å²) in [7, 11) is 4.11. The van der Waals surface area contributed by atoms with E-state index in [0.717, 1.165) is 11.4 Å². The molecule has 0 fully saturated rings. The Morgan fingerprint density at radius 3 is 1.73 bits per heavy atom. The summed E-state index contributed by atoms with van der Waals surface area (Å²) in [5.41, 5.74) is 5.94. The first-order chi connectivity index (χ1) is 7.09. The molecule has 0 atom stereocenters. The van der Waals surface area contributed by atoms with Gasteiger partial charge in [0.15, 0.2) is 0 Å². The van der Waals surface area contributed by atoms with E-state index in [1.165, 1.54) is 16.8 Å². The Kier molecular flexibility index (Phi) is 2.35. The van der Waals surface area contributed by atoms with Gasteiger partial charge in [-0.15, -0.1) is 0 Å². The van der Waals surface area contributed by atoms with Crippen LogP contribution in [0.15, 0.2) is 24.3 Å². The number of hydrogen-bond donors (Lipinski definition) is 0. The van der Waals surface area contributed by atoms with E-state index in [0.29, 0.717) is 0 Å². The van der Waals surface area contributed by atoms with Crippen molar-refractivity contribution in [1.29, 1.82) is 0 Å². The number of aromatic nitrogens is 1. The molecule has 15 heavy (non-hydrogen) atoms. The van der Waals surface area contributed by atoms with Crippen LogP contribution in [-0.4, -0.2) is 19.1 Å². The molecule has 0 aromatic rings. The van der Waals surface area contributed by atoms with Crippen LogP contribution < -0.4 is 4.90 Å². The van der Waals surface area contributed by atoms with Crippen molar-refractivity contribution in [3.8, 4) is 11.1 Å². The van der Waals surface area contributed by atoms with E-state index in [2.05, 4.69) is 62.1 Å². The first-order valence-electron chi connectivity index (χ1n) is 5.14. The van der Waals surface area contributed by atoms with E-state index in [1.807, 2.05) is 0 Å². The fourth-order valence-electron chi connectivity index (χ4n) is 1.87. The Bertz CT molecular complexity index is 424. The van der Waals surface area contributed by atoms with Crippen molar-refractivity contribution in [1.82, 2.24) is 4.98 Å². The summed E-state index contributed by atoms with van der Waals surface area (Å²) >= 11 is 0. The standard InChI is InChI=1S/C13H16N2/c1-9-12-7-5-11(15(3)4)6-8-13(12)10(2)14-9/h5-8H,1-4H3. The third-order valence-electron chi connectivity index (χ3n) is 2.76. The fourth-order valence-corrected chi connectivity index (χ4v) is 1.87. The SMILES string of the molecule is Cc1nc(C)c2ccc(N(C)C)ccc1-2. The molecule has 0 saturated heterocycles. The van der Waals surface area contributed by atoms with E-state index in [4.69, 9.17) is 0 Å². The van der Waals surface area contributed by atoms with Crippen LogP contribution in [0.2, 0.25) is 0 Å². The molecule has 0 unspecified atom stereocenters. The van der Waals surface area contributed by atoms with Crippen molar-refractivity contribution in [2.75, 3.05) is 19.0 Å². The third kappa shape index (κ3) is 1.67. The molecule has 0 amide bonds. The van der Waals surface area contributed by atoms with Crippen molar-refractivity contribution in [3.63, 3.8) is 0 Å². The van der Waals surface area contributed by atoms with Gasteiger partial charge in [0.1, 0.15) is 0 Å². The smallest absolute Gasteiger partial charge is 0.0455 e. The van der Waals surface area contributed by atoms with Crippen LogP contribution in [0.25, 0.3) is 11.1 Å². The van der Waals surface area contributed by atoms with Crippen LogP contribution in [0.4, 0.5) is 5.69 Å². The van der Waals surface area contributed by atoms with Crippen LogP contribution in [0.1, 0.15) is 11.4 Å². The molecule has 0 bridgehead atoms. The second-order valence-corrected chi connectivity index (χ2v) is 4.10. The average Bonchev–Trinajstić information content (AvgIpc) is 2.40. The lowest BCUT2D eigenvalue weighted by molar-refractivity contribution is 1.13. The predicted molar refractivity (Wildman–Crippen MR) is 64.7 cm³/mol. The Morgan fingerprint density at radius 1 is 0.867 bits per heavy atom. The van der Waals surface area contributed by atoms with Crippen LogP contribution in [0.5, 0.6) is 0 Å². The molecule has 0 aromatic heterocycles. The van der Waals surface area contributed by atoms with E-state index < -0.39 is 0 Å². The lowest BCUT2D eigenvalue weighted by Gasteiger charge is -2.09. The van der Waals surface area contributed by atoms with Crippen molar-refractivity contribution in [2.24, 2.45) is 0 Å². The van der Waals surface area contributed by atoms with Crippen LogP contribution >= 0.6 is 0 Å². The molecule has 2 heteroatoms. The Morgan fingerprint density at radius 2 is 1.33 bits per heavy atom. The van der Waals surface area contributed by atoms with E-state index in [9.17, 15) is 0 Å². The van der Waals surface area contributed by atoms with Gasteiger partial charge in [0.25, 0.3) is 0 Å². The second-order valence-electron chi connectivity index (χ2n) is 4.10. The molecule has 0 aromatic carbocycles. The molecule has 0 spiro atoms.